The number of Topliss-reactive ketones (excluding diaryl/α,β-unsaturated/α-hetero) is 1. The second-order valence-electron chi connectivity index (χ2n) is 5.32. The van der Waals surface area contributed by atoms with Crippen molar-refractivity contribution in [2.45, 2.75) is 20.4 Å². The van der Waals surface area contributed by atoms with Crippen LogP contribution in [0.1, 0.15) is 29.8 Å². The molecule has 0 fully saturated rings. The lowest BCUT2D eigenvalue weighted by molar-refractivity contribution is 0.101. The van der Waals surface area contributed by atoms with Gasteiger partial charge in [-0.05, 0) is 37.3 Å². The Balaban J connectivity index is 1.89. The summed E-state index contributed by atoms with van der Waals surface area (Å²) in [5.74, 6) is 1.30. The SMILES string of the molecule is CCOc1ccc(C(C)=O)cc1Cn1nnc(-c2ccccc2)n1. The van der Waals surface area contributed by atoms with Crippen LogP contribution >= 0.6 is 0 Å². The molecule has 0 radical (unpaired) electrons. The first kappa shape index (κ1) is 15.9. The lowest BCUT2D eigenvalue weighted by Crippen LogP contribution is -2.08. The highest BCUT2D eigenvalue weighted by molar-refractivity contribution is 5.94. The second-order valence-corrected chi connectivity index (χ2v) is 5.32. The van der Waals surface area contributed by atoms with Gasteiger partial charge in [0, 0.05) is 16.7 Å². The number of rotatable bonds is 6. The van der Waals surface area contributed by atoms with Gasteiger partial charge in [0.1, 0.15) is 5.75 Å². The van der Waals surface area contributed by atoms with Gasteiger partial charge in [-0.3, -0.25) is 4.79 Å². The van der Waals surface area contributed by atoms with Crippen LogP contribution in [-0.2, 0) is 6.54 Å². The summed E-state index contributed by atoms with van der Waals surface area (Å²) in [5.41, 5.74) is 2.39. The van der Waals surface area contributed by atoms with Crippen LogP contribution in [0.5, 0.6) is 5.75 Å². The Labute approximate surface area is 140 Å². The van der Waals surface area contributed by atoms with Crippen molar-refractivity contribution in [1.82, 2.24) is 20.2 Å². The maximum absolute atomic E-state index is 11.6. The number of carbonyl (C=O) groups is 1. The first-order chi connectivity index (χ1) is 11.7. The number of carbonyl (C=O) groups excluding carboxylic acids is 1. The van der Waals surface area contributed by atoms with Gasteiger partial charge in [-0.2, -0.15) is 4.80 Å². The van der Waals surface area contributed by atoms with E-state index < -0.39 is 0 Å². The van der Waals surface area contributed by atoms with Crippen molar-refractivity contribution in [1.29, 1.82) is 0 Å². The van der Waals surface area contributed by atoms with Crippen LogP contribution in [-0.4, -0.2) is 32.6 Å². The van der Waals surface area contributed by atoms with Crippen LogP contribution in [0, 0.1) is 0 Å². The van der Waals surface area contributed by atoms with Crippen LogP contribution in [0.2, 0.25) is 0 Å². The van der Waals surface area contributed by atoms with E-state index in [1.165, 1.54) is 4.80 Å². The zero-order chi connectivity index (χ0) is 16.9. The van der Waals surface area contributed by atoms with E-state index in [2.05, 4.69) is 15.4 Å². The highest BCUT2D eigenvalue weighted by Crippen LogP contribution is 2.22. The number of tetrazole rings is 1. The minimum atomic E-state index is 0.0100. The van der Waals surface area contributed by atoms with Crippen LogP contribution < -0.4 is 4.74 Å². The summed E-state index contributed by atoms with van der Waals surface area (Å²) in [6, 6.07) is 15.1. The van der Waals surface area contributed by atoms with E-state index in [1.54, 1.807) is 13.0 Å². The van der Waals surface area contributed by atoms with E-state index in [1.807, 2.05) is 49.4 Å². The summed E-state index contributed by atoms with van der Waals surface area (Å²) in [4.78, 5) is 13.1. The molecule has 24 heavy (non-hydrogen) atoms. The molecule has 0 aliphatic rings. The normalized spacial score (nSPS) is 10.6. The molecule has 0 saturated heterocycles. The number of nitrogens with zero attached hydrogens (tertiary/aromatic N) is 4. The molecule has 0 aliphatic carbocycles. The molecule has 1 heterocycles. The Hall–Kier alpha value is -3.02. The van der Waals surface area contributed by atoms with Gasteiger partial charge < -0.3 is 4.74 Å². The number of hydrogen-bond acceptors (Lipinski definition) is 5. The molecule has 3 rings (SSSR count). The summed E-state index contributed by atoms with van der Waals surface area (Å²) in [7, 11) is 0. The van der Waals surface area contributed by atoms with E-state index >= 15 is 0 Å². The van der Waals surface area contributed by atoms with Gasteiger partial charge >= 0.3 is 0 Å². The van der Waals surface area contributed by atoms with Crippen molar-refractivity contribution in [3.63, 3.8) is 0 Å². The standard InChI is InChI=1S/C18H18N4O2/c1-3-24-17-10-9-15(13(2)23)11-16(17)12-22-20-18(19-21-22)14-7-5-4-6-8-14/h4-11H,3,12H2,1-2H3. The Morgan fingerprint density at radius 3 is 2.67 bits per heavy atom. The van der Waals surface area contributed by atoms with Gasteiger partial charge in [-0.25, -0.2) is 0 Å². The average Bonchev–Trinajstić information content (AvgIpc) is 3.06. The number of hydrogen-bond donors (Lipinski definition) is 0. The van der Waals surface area contributed by atoms with Crippen molar-refractivity contribution in [3.05, 3.63) is 59.7 Å². The van der Waals surface area contributed by atoms with E-state index in [9.17, 15) is 4.79 Å². The molecule has 0 N–H and O–H groups in total. The largest absolute Gasteiger partial charge is 0.494 e. The third kappa shape index (κ3) is 3.48. The molecule has 0 spiro atoms. The first-order valence-electron chi connectivity index (χ1n) is 7.77. The quantitative estimate of drug-likeness (QED) is 0.653. The number of benzene rings is 2. The fourth-order valence-corrected chi connectivity index (χ4v) is 2.38. The van der Waals surface area contributed by atoms with Crippen LogP contribution in [0.15, 0.2) is 48.5 Å². The average molecular weight is 322 g/mol. The minimum absolute atomic E-state index is 0.0100. The predicted octanol–water partition coefficient (Wildman–Crippen LogP) is 2.99. The van der Waals surface area contributed by atoms with Crippen molar-refractivity contribution in [2.75, 3.05) is 6.61 Å². The van der Waals surface area contributed by atoms with Crippen molar-refractivity contribution < 1.29 is 9.53 Å². The van der Waals surface area contributed by atoms with Crippen LogP contribution in [0.25, 0.3) is 11.4 Å². The van der Waals surface area contributed by atoms with Crippen molar-refractivity contribution in [2.24, 2.45) is 0 Å². The number of ether oxygens (including phenoxy) is 1. The van der Waals surface area contributed by atoms with E-state index in [0.717, 1.165) is 16.9 Å². The minimum Gasteiger partial charge on any atom is -0.494 e. The van der Waals surface area contributed by atoms with Crippen LogP contribution in [0.3, 0.4) is 0 Å². The highest BCUT2D eigenvalue weighted by Gasteiger charge is 2.11. The number of aromatic nitrogens is 4. The molecule has 0 unspecified atom stereocenters. The lowest BCUT2D eigenvalue weighted by atomic mass is 10.1. The second kappa shape index (κ2) is 7.04. The summed E-state index contributed by atoms with van der Waals surface area (Å²) in [6.45, 7) is 4.40. The lowest BCUT2D eigenvalue weighted by Gasteiger charge is -2.10. The zero-order valence-electron chi connectivity index (χ0n) is 13.6. The summed E-state index contributed by atoms with van der Waals surface area (Å²) in [5, 5.41) is 12.6. The fraction of sp³-hybridized carbons (Fsp3) is 0.222. The van der Waals surface area contributed by atoms with E-state index in [4.69, 9.17) is 4.74 Å². The Bertz CT molecular complexity index is 843. The highest BCUT2D eigenvalue weighted by atomic mass is 16.5. The summed E-state index contributed by atoms with van der Waals surface area (Å²) >= 11 is 0. The maximum atomic E-state index is 11.6. The fourth-order valence-electron chi connectivity index (χ4n) is 2.38. The number of ketones is 1. The van der Waals surface area contributed by atoms with Crippen LogP contribution in [0.4, 0.5) is 0 Å². The van der Waals surface area contributed by atoms with Gasteiger partial charge in [0.05, 0.1) is 13.2 Å². The summed E-state index contributed by atoms with van der Waals surface area (Å²) < 4.78 is 5.63. The van der Waals surface area contributed by atoms with Gasteiger partial charge in [0.15, 0.2) is 5.78 Å². The van der Waals surface area contributed by atoms with Gasteiger partial charge in [-0.1, -0.05) is 30.3 Å². The molecule has 0 atom stereocenters. The Morgan fingerprint density at radius 1 is 1.17 bits per heavy atom. The van der Waals surface area contributed by atoms with Gasteiger partial charge in [-0.15, -0.1) is 10.2 Å². The zero-order valence-corrected chi connectivity index (χ0v) is 13.6. The van der Waals surface area contributed by atoms with Crippen molar-refractivity contribution in [3.8, 4) is 17.1 Å². The molecule has 3 aromatic rings. The molecular formula is C18H18N4O2. The van der Waals surface area contributed by atoms with Crippen molar-refractivity contribution >= 4 is 5.78 Å². The maximum Gasteiger partial charge on any atom is 0.204 e. The Kier molecular flexibility index (Phi) is 4.65. The predicted molar refractivity (Wildman–Crippen MR) is 90.0 cm³/mol. The van der Waals surface area contributed by atoms with Gasteiger partial charge in [0.25, 0.3) is 0 Å². The molecule has 6 heteroatoms. The smallest absolute Gasteiger partial charge is 0.204 e. The summed E-state index contributed by atoms with van der Waals surface area (Å²) in [6.07, 6.45) is 0. The van der Waals surface area contributed by atoms with Gasteiger partial charge in [0.2, 0.25) is 5.82 Å². The van der Waals surface area contributed by atoms with E-state index in [-0.39, 0.29) is 5.78 Å². The molecule has 1 aromatic heterocycles. The molecule has 122 valence electrons. The topological polar surface area (TPSA) is 69.9 Å². The third-order valence-corrected chi connectivity index (χ3v) is 3.56. The molecule has 0 saturated carbocycles. The molecule has 2 aromatic carbocycles. The Morgan fingerprint density at radius 2 is 1.96 bits per heavy atom. The molecule has 6 nitrogen and oxygen atoms in total. The molecule has 0 aliphatic heterocycles. The third-order valence-electron chi connectivity index (χ3n) is 3.56. The molecule has 0 bridgehead atoms. The van der Waals surface area contributed by atoms with E-state index in [0.29, 0.717) is 24.5 Å². The first-order valence-corrected chi connectivity index (χ1v) is 7.77. The molecule has 0 amide bonds. The molecular weight excluding hydrogens is 304 g/mol. The monoisotopic (exact) mass is 322 g/mol.